The number of rotatable bonds is 8. The first-order chi connectivity index (χ1) is 17.4. The fraction of sp³-hybridized carbons (Fsp3) is 0.259. The van der Waals surface area contributed by atoms with Gasteiger partial charge >= 0.3 is 0 Å². The Morgan fingerprint density at radius 1 is 0.861 bits per heavy atom. The molecule has 0 aliphatic carbocycles. The highest BCUT2D eigenvalue weighted by atomic mass is 19.1. The minimum Gasteiger partial charge on any atom is -0.497 e. The fourth-order valence-corrected chi connectivity index (χ4v) is 4.22. The van der Waals surface area contributed by atoms with Gasteiger partial charge in [0.1, 0.15) is 17.3 Å². The minimum atomic E-state index is -0.681. The molecule has 0 N–H and O–H groups in total. The molecule has 1 aliphatic rings. The average molecular weight is 495 g/mol. The first-order valence-electron chi connectivity index (χ1n) is 11.1. The van der Waals surface area contributed by atoms with Gasteiger partial charge < -0.3 is 23.7 Å². The van der Waals surface area contributed by atoms with E-state index in [4.69, 9.17) is 23.7 Å². The lowest BCUT2D eigenvalue weighted by molar-refractivity contribution is 0.0708. The van der Waals surface area contributed by atoms with Crippen LogP contribution in [0.25, 0.3) is 0 Å². The van der Waals surface area contributed by atoms with E-state index >= 15 is 0 Å². The Morgan fingerprint density at radius 2 is 1.53 bits per heavy atom. The van der Waals surface area contributed by atoms with Gasteiger partial charge in [-0.05, 0) is 30.3 Å². The molecule has 0 aromatic heterocycles. The summed E-state index contributed by atoms with van der Waals surface area (Å²) in [5.74, 6) is 1.27. The Morgan fingerprint density at radius 3 is 2.11 bits per heavy atom. The number of benzene rings is 3. The second-order valence-corrected chi connectivity index (χ2v) is 7.92. The maximum absolute atomic E-state index is 14.9. The van der Waals surface area contributed by atoms with Crippen molar-refractivity contribution in [3.8, 4) is 28.7 Å². The van der Waals surface area contributed by atoms with Crippen LogP contribution in [-0.4, -0.2) is 52.2 Å². The molecule has 1 unspecified atom stereocenters. The normalized spacial score (nSPS) is 14.8. The summed E-state index contributed by atoms with van der Waals surface area (Å²) in [7, 11) is 7.52. The Kier molecular flexibility index (Phi) is 7.28. The van der Waals surface area contributed by atoms with Gasteiger partial charge in [0.2, 0.25) is 5.75 Å². The first kappa shape index (κ1) is 24.8. The molecule has 1 heterocycles. The van der Waals surface area contributed by atoms with E-state index in [0.717, 1.165) is 0 Å². The molecule has 0 radical (unpaired) electrons. The van der Waals surface area contributed by atoms with E-state index in [1.54, 1.807) is 56.7 Å². The Hall–Kier alpha value is -4.27. The highest BCUT2D eigenvalue weighted by Gasteiger charge is 2.36. The lowest BCUT2D eigenvalue weighted by atomic mass is 9.97. The third kappa shape index (κ3) is 4.51. The predicted molar refractivity (Wildman–Crippen MR) is 132 cm³/mol. The largest absolute Gasteiger partial charge is 0.497 e. The molecule has 3 aromatic rings. The first-order valence-corrected chi connectivity index (χ1v) is 11.1. The zero-order valence-electron chi connectivity index (χ0n) is 20.7. The standard InChI is InChI=1S/C27H27FN2O6/c1-32-17-10-11-19(23(14-17)33-2)21-15-22(18-8-6-7-9-20(18)28)30(29-21)27(31)16-12-24(34-3)26(36-5)25(13-16)35-4/h6-14,22H,15H2,1-5H3. The molecule has 8 nitrogen and oxygen atoms in total. The molecule has 9 heteroatoms. The second kappa shape index (κ2) is 10.6. The highest BCUT2D eigenvalue weighted by molar-refractivity contribution is 6.07. The lowest BCUT2D eigenvalue weighted by Gasteiger charge is -2.23. The van der Waals surface area contributed by atoms with Gasteiger partial charge in [0.15, 0.2) is 11.5 Å². The average Bonchev–Trinajstić information content (AvgIpc) is 3.36. The SMILES string of the molecule is COc1ccc(C2=NN(C(=O)c3cc(OC)c(OC)c(OC)c3)C(c3ccccc3F)C2)c(OC)c1. The van der Waals surface area contributed by atoms with Crippen molar-refractivity contribution in [1.82, 2.24) is 5.01 Å². The molecule has 3 aromatic carbocycles. The van der Waals surface area contributed by atoms with Gasteiger partial charge in [0.05, 0.1) is 47.3 Å². The quantitative estimate of drug-likeness (QED) is 0.445. The van der Waals surface area contributed by atoms with Crippen molar-refractivity contribution in [3.63, 3.8) is 0 Å². The molecule has 1 aliphatic heterocycles. The maximum Gasteiger partial charge on any atom is 0.274 e. The summed E-state index contributed by atoms with van der Waals surface area (Å²) in [6.07, 6.45) is 0.278. The van der Waals surface area contributed by atoms with Gasteiger partial charge in [0, 0.05) is 29.2 Å². The van der Waals surface area contributed by atoms with Crippen molar-refractivity contribution in [2.75, 3.05) is 35.5 Å². The van der Waals surface area contributed by atoms with Crippen LogP contribution in [0.15, 0.2) is 59.7 Å². The minimum absolute atomic E-state index is 0.248. The molecule has 0 spiro atoms. The molecule has 1 amide bonds. The van der Waals surface area contributed by atoms with Crippen molar-refractivity contribution in [1.29, 1.82) is 0 Å². The number of hydrogen-bond acceptors (Lipinski definition) is 7. The van der Waals surface area contributed by atoms with E-state index in [1.165, 1.54) is 32.4 Å². The van der Waals surface area contributed by atoms with Crippen molar-refractivity contribution >= 4 is 11.6 Å². The third-order valence-electron chi connectivity index (χ3n) is 6.01. The van der Waals surface area contributed by atoms with Crippen LogP contribution in [0.5, 0.6) is 28.7 Å². The number of amides is 1. The molecule has 0 saturated heterocycles. The van der Waals surface area contributed by atoms with Gasteiger partial charge in [0.25, 0.3) is 5.91 Å². The maximum atomic E-state index is 14.9. The Labute approximate surface area is 208 Å². The second-order valence-electron chi connectivity index (χ2n) is 7.92. The van der Waals surface area contributed by atoms with Crippen molar-refractivity contribution in [2.24, 2.45) is 5.10 Å². The van der Waals surface area contributed by atoms with Gasteiger partial charge in [-0.3, -0.25) is 4.79 Å². The number of carbonyl (C=O) groups is 1. The number of halogens is 1. The van der Waals surface area contributed by atoms with Crippen LogP contribution >= 0.6 is 0 Å². The van der Waals surface area contributed by atoms with E-state index in [2.05, 4.69) is 5.10 Å². The topological polar surface area (TPSA) is 78.8 Å². The van der Waals surface area contributed by atoms with Crippen LogP contribution in [0.2, 0.25) is 0 Å². The number of carbonyl (C=O) groups excluding carboxylic acids is 1. The van der Waals surface area contributed by atoms with Gasteiger partial charge in [-0.2, -0.15) is 5.10 Å². The predicted octanol–water partition coefficient (Wildman–Crippen LogP) is 4.86. The number of hydrazone groups is 1. The van der Waals surface area contributed by atoms with Crippen LogP contribution in [0, 0.1) is 5.82 Å². The number of ether oxygens (including phenoxy) is 5. The van der Waals surface area contributed by atoms with Gasteiger partial charge in [-0.1, -0.05) is 18.2 Å². The van der Waals surface area contributed by atoms with E-state index in [1.807, 2.05) is 6.07 Å². The van der Waals surface area contributed by atoms with Gasteiger partial charge in [-0.15, -0.1) is 0 Å². The summed E-state index contributed by atoms with van der Waals surface area (Å²) in [4.78, 5) is 13.8. The van der Waals surface area contributed by atoms with E-state index in [-0.39, 0.29) is 12.0 Å². The molecule has 1 atom stereocenters. The van der Waals surface area contributed by atoms with E-state index < -0.39 is 17.8 Å². The monoisotopic (exact) mass is 494 g/mol. The molecule has 188 valence electrons. The van der Waals surface area contributed by atoms with E-state index in [0.29, 0.717) is 45.6 Å². The number of hydrogen-bond donors (Lipinski definition) is 0. The summed E-state index contributed by atoms with van der Waals surface area (Å²) < 4.78 is 41.9. The van der Waals surface area contributed by atoms with Crippen LogP contribution < -0.4 is 23.7 Å². The van der Waals surface area contributed by atoms with Crippen molar-refractivity contribution in [3.05, 3.63) is 77.1 Å². The van der Waals surface area contributed by atoms with Crippen molar-refractivity contribution in [2.45, 2.75) is 12.5 Å². The molecule has 0 saturated carbocycles. The lowest BCUT2D eigenvalue weighted by Crippen LogP contribution is -2.27. The van der Waals surface area contributed by atoms with E-state index in [9.17, 15) is 9.18 Å². The Bertz CT molecular complexity index is 1280. The number of nitrogens with zero attached hydrogens (tertiary/aromatic N) is 2. The summed E-state index contributed by atoms with van der Waals surface area (Å²) >= 11 is 0. The summed E-state index contributed by atoms with van der Waals surface area (Å²) in [5.41, 5.74) is 1.85. The third-order valence-corrected chi connectivity index (χ3v) is 6.01. The zero-order valence-corrected chi connectivity index (χ0v) is 20.7. The smallest absolute Gasteiger partial charge is 0.274 e. The summed E-state index contributed by atoms with van der Waals surface area (Å²) in [5, 5.41) is 5.94. The zero-order chi connectivity index (χ0) is 25.8. The van der Waals surface area contributed by atoms with Crippen LogP contribution in [-0.2, 0) is 0 Å². The van der Waals surface area contributed by atoms with Crippen LogP contribution in [0.3, 0.4) is 0 Å². The molecular formula is C27H27FN2O6. The molecule has 0 fully saturated rings. The molecular weight excluding hydrogens is 467 g/mol. The Balaban J connectivity index is 1.83. The fourth-order valence-electron chi connectivity index (χ4n) is 4.22. The molecule has 4 rings (SSSR count). The van der Waals surface area contributed by atoms with Gasteiger partial charge in [-0.25, -0.2) is 9.40 Å². The van der Waals surface area contributed by atoms with Crippen molar-refractivity contribution < 1.29 is 32.9 Å². The van der Waals surface area contributed by atoms with Crippen LogP contribution in [0.1, 0.15) is 33.9 Å². The number of methoxy groups -OCH3 is 5. The molecule has 0 bridgehead atoms. The van der Waals surface area contributed by atoms with Crippen LogP contribution in [0.4, 0.5) is 4.39 Å². The summed E-state index contributed by atoms with van der Waals surface area (Å²) in [6, 6.07) is 14.1. The molecule has 36 heavy (non-hydrogen) atoms. The highest BCUT2D eigenvalue weighted by Crippen LogP contribution is 2.41. The summed E-state index contributed by atoms with van der Waals surface area (Å²) in [6.45, 7) is 0.